The van der Waals surface area contributed by atoms with Crippen LogP contribution in [0, 0.1) is 5.82 Å². The van der Waals surface area contributed by atoms with Gasteiger partial charge in [-0.05, 0) is 67.8 Å². The highest BCUT2D eigenvalue weighted by molar-refractivity contribution is 5.91. The van der Waals surface area contributed by atoms with Crippen molar-refractivity contribution in [1.82, 2.24) is 9.80 Å². The number of hydrogen-bond acceptors (Lipinski definition) is 5. The summed E-state index contributed by atoms with van der Waals surface area (Å²) in [5, 5.41) is 0. The van der Waals surface area contributed by atoms with Gasteiger partial charge in [0, 0.05) is 26.2 Å². The minimum atomic E-state index is -0.246. The van der Waals surface area contributed by atoms with Gasteiger partial charge in [-0.2, -0.15) is 0 Å². The van der Waals surface area contributed by atoms with Crippen LogP contribution < -0.4 is 9.47 Å². The Morgan fingerprint density at radius 3 is 2.26 bits per heavy atom. The van der Waals surface area contributed by atoms with Gasteiger partial charge in [-0.25, -0.2) is 4.39 Å². The lowest BCUT2D eigenvalue weighted by atomic mass is 10.1. The van der Waals surface area contributed by atoms with Crippen LogP contribution in [0.2, 0.25) is 0 Å². The minimum Gasteiger partial charge on any atom is -0.493 e. The Balaban J connectivity index is 1.59. The molecule has 182 valence electrons. The third-order valence-electron chi connectivity index (χ3n) is 5.79. The SMILES string of the molecule is COc1ccc(CCN(C)C(=O)c2ccc(CN(Cc3ccc(F)cc3)C(C)C)o2)cc1OC. The Morgan fingerprint density at radius 2 is 1.62 bits per heavy atom. The maximum Gasteiger partial charge on any atom is 0.289 e. The second-order valence-corrected chi connectivity index (χ2v) is 8.56. The van der Waals surface area contributed by atoms with E-state index in [2.05, 4.69) is 18.7 Å². The first kappa shape index (κ1) is 25.3. The third-order valence-corrected chi connectivity index (χ3v) is 5.79. The monoisotopic (exact) mass is 468 g/mol. The number of benzene rings is 2. The molecule has 0 radical (unpaired) electrons. The van der Waals surface area contributed by atoms with E-state index in [1.54, 1.807) is 44.4 Å². The molecule has 6 nitrogen and oxygen atoms in total. The number of carbonyl (C=O) groups is 1. The van der Waals surface area contributed by atoms with Gasteiger partial charge in [0.1, 0.15) is 11.6 Å². The molecule has 34 heavy (non-hydrogen) atoms. The zero-order valence-electron chi connectivity index (χ0n) is 20.5. The van der Waals surface area contributed by atoms with Crippen molar-refractivity contribution in [2.24, 2.45) is 0 Å². The normalized spacial score (nSPS) is 11.2. The number of hydrogen-bond donors (Lipinski definition) is 0. The number of ether oxygens (including phenoxy) is 2. The summed E-state index contributed by atoms with van der Waals surface area (Å²) in [4.78, 5) is 16.7. The fourth-order valence-corrected chi connectivity index (χ4v) is 3.65. The zero-order chi connectivity index (χ0) is 24.7. The number of halogens is 1. The van der Waals surface area contributed by atoms with Gasteiger partial charge in [-0.1, -0.05) is 18.2 Å². The van der Waals surface area contributed by atoms with Crippen LogP contribution >= 0.6 is 0 Å². The number of amides is 1. The average Bonchev–Trinajstić information content (AvgIpc) is 3.31. The lowest BCUT2D eigenvalue weighted by Gasteiger charge is -2.25. The molecule has 7 heteroatoms. The number of nitrogens with zero attached hydrogens (tertiary/aromatic N) is 2. The van der Waals surface area contributed by atoms with Crippen LogP contribution in [0.3, 0.4) is 0 Å². The van der Waals surface area contributed by atoms with Gasteiger partial charge in [0.2, 0.25) is 0 Å². The van der Waals surface area contributed by atoms with Gasteiger partial charge < -0.3 is 18.8 Å². The minimum absolute atomic E-state index is 0.165. The molecule has 3 aromatic rings. The predicted molar refractivity (Wildman–Crippen MR) is 130 cm³/mol. The molecule has 0 unspecified atom stereocenters. The molecular formula is C27H33FN2O4. The van der Waals surface area contributed by atoms with Crippen molar-refractivity contribution >= 4 is 5.91 Å². The fourth-order valence-electron chi connectivity index (χ4n) is 3.65. The van der Waals surface area contributed by atoms with E-state index in [0.29, 0.717) is 49.1 Å². The van der Waals surface area contributed by atoms with E-state index in [4.69, 9.17) is 13.9 Å². The summed E-state index contributed by atoms with van der Waals surface area (Å²) < 4.78 is 29.7. The Bertz CT molecular complexity index is 1080. The Labute approximate surface area is 200 Å². The highest BCUT2D eigenvalue weighted by Gasteiger charge is 2.19. The summed E-state index contributed by atoms with van der Waals surface area (Å²) >= 11 is 0. The molecule has 0 aliphatic rings. The van der Waals surface area contributed by atoms with E-state index in [1.807, 2.05) is 24.3 Å². The molecule has 0 spiro atoms. The lowest BCUT2D eigenvalue weighted by molar-refractivity contribution is 0.0760. The molecule has 0 fully saturated rings. The van der Waals surface area contributed by atoms with E-state index in [1.165, 1.54) is 12.1 Å². The number of furan rings is 1. The largest absolute Gasteiger partial charge is 0.493 e. The third kappa shape index (κ3) is 6.60. The first-order valence-electron chi connectivity index (χ1n) is 11.3. The maximum absolute atomic E-state index is 13.2. The van der Waals surface area contributed by atoms with Gasteiger partial charge >= 0.3 is 0 Å². The van der Waals surface area contributed by atoms with Gasteiger partial charge in [-0.3, -0.25) is 9.69 Å². The van der Waals surface area contributed by atoms with E-state index in [0.717, 1.165) is 11.1 Å². The Kier molecular flexibility index (Phi) is 8.71. The summed E-state index contributed by atoms with van der Waals surface area (Å²) in [6, 6.07) is 16.1. The van der Waals surface area contributed by atoms with Crippen LogP contribution in [0.5, 0.6) is 11.5 Å². The molecule has 3 rings (SSSR count). The Morgan fingerprint density at radius 1 is 0.941 bits per heavy atom. The van der Waals surface area contributed by atoms with E-state index < -0.39 is 0 Å². The highest BCUT2D eigenvalue weighted by atomic mass is 19.1. The molecule has 0 bridgehead atoms. The van der Waals surface area contributed by atoms with Crippen LogP contribution in [-0.2, 0) is 19.5 Å². The lowest BCUT2D eigenvalue weighted by Crippen LogP contribution is -2.30. The molecule has 2 aromatic carbocycles. The quantitative estimate of drug-likeness (QED) is 0.389. The van der Waals surface area contributed by atoms with Crippen molar-refractivity contribution in [3.05, 3.63) is 83.1 Å². The highest BCUT2D eigenvalue weighted by Crippen LogP contribution is 2.27. The molecule has 0 aliphatic carbocycles. The van der Waals surface area contributed by atoms with Gasteiger partial charge in [0.05, 0.1) is 20.8 Å². The topological polar surface area (TPSA) is 55.2 Å². The number of likely N-dealkylation sites (N-methyl/N-ethyl adjacent to an activating group) is 1. The fraction of sp³-hybridized carbons (Fsp3) is 0.370. The van der Waals surface area contributed by atoms with E-state index in [-0.39, 0.29) is 17.8 Å². The van der Waals surface area contributed by atoms with E-state index >= 15 is 0 Å². The zero-order valence-corrected chi connectivity index (χ0v) is 20.5. The van der Waals surface area contributed by atoms with Gasteiger partial charge in [-0.15, -0.1) is 0 Å². The summed E-state index contributed by atoms with van der Waals surface area (Å²) in [5.74, 6) is 1.96. The maximum atomic E-state index is 13.2. The summed E-state index contributed by atoms with van der Waals surface area (Å²) in [6.45, 7) is 5.94. The molecule has 0 saturated carbocycles. The number of carbonyl (C=O) groups excluding carboxylic acids is 1. The molecule has 0 saturated heterocycles. The van der Waals surface area contributed by atoms with Crippen molar-refractivity contribution in [2.75, 3.05) is 27.8 Å². The molecule has 0 N–H and O–H groups in total. The van der Waals surface area contributed by atoms with Crippen LogP contribution in [-0.4, -0.2) is 49.6 Å². The van der Waals surface area contributed by atoms with Crippen molar-refractivity contribution in [3.63, 3.8) is 0 Å². The second kappa shape index (κ2) is 11.7. The smallest absolute Gasteiger partial charge is 0.289 e. The molecule has 1 aromatic heterocycles. The van der Waals surface area contributed by atoms with Crippen molar-refractivity contribution < 1.29 is 23.1 Å². The van der Waals surface area contributed by atoms with Crippen LogP contribution in [0.1, 0.15) is 41.3 Å². The van der Waals surface area contributed by atoms with Crippen LogP contribution in [0.25, 0.3) is 0 Å². The molecular weight excluding hydrogens is 435 g/mol. The second-order valence-electron chi connectivity index (χ2n) is 8.56. The van der Waals surface area contributed by atoms with Crippen molar-refractivity contribution in [3.8, 4) is 11.5 Å². The molecule has 0 aliphatic heterocycles. The predicted octanol–water partition coefficient (Wildman–Crippen LogP) is 5.16. The van der Waals surface area contributed by atoms with Crippen molar-refractivity contribution in [1.29, 1.82) is 0 Å². The number of rotatable bonds is 11. The summed E-state index contributed by atoms with van der Waals surface area (Å²) in [7, 11) is 4.97. The molecule has 0 atom stereocenters. The summed E-state index contributed by atoms with van der Waals surface area (Å²) in [5.41, 5.74) is 2.07. The summed E-state index contributed by atoms with van der Waals surface area (Å²) in [6.07, 6.45) is 0.676. The molecule has 1 heterocycles. The Hall–Kier alpha value is -3.32. The average molecular weight is 469 g/mol. The van der Waals surface area contributed by atoms with E-state index in [9.17, 15) is 9.18 Å². The number of methoxy groups -OCH3 is 2. The first-order valence-corrected chi connectivity index (χ1v) is 11.3. The molecule has 1 amide bonds. The van der Waals surface area contributed by atoms with Crippen LogP contribution in [0.15, 0.2) is 59.0 Å². The van der Waals surface area contributed by atoms with Crippen molar-refractivity contribution in [2.45, 2.75) is 39.4 Å². The standard InChI is InChI=1S/C27H33FN2O4/c1-19(2)30(17-21-6-9-22(28)10-7-21)18-23-11-13-25(34-23)27(31)29(3)15-14-20-8-12-24(32-4)26(16-20)33-5/h6-13,16,19H,14-15,17-18H2,1-5H3. The van der Waals surface area contributed by atoms with Gasteiger partial charge in [0.15, 0.2) is 17.3 Å². The first-order chi connectivity index (χ1) is 16.3. The van der Waals surface area contributed by atoms with Gasteiger partial charge in [0.25, 0.3) is 5.91 Å². The van der Waals surface area contributed by atoms with Crippen LogP contribution in [0.4, 0.5) is 4.39 Å².